The summed E-state index contributed by atoms with van der Waals surface area (Å²) < 4.78 is 42.9. The molecule has 0 spiro atoms. The quantitative estimate of drug-likeness (QED) is 0.303. The van der Waals surface area contributed by atoms with Gasteiger partial charge >= 0.3 is 6.18 Å². The van der Waals surface area contributed by atoms with Gasteiger partial charge < -0.3 is 9.88 Å². The van der Waals surface area contributed by atoms with Gasteiger partial charge in [-0.25, -0.2) is 9.97 Å². The average molecular weight is 531 g/mol. The fourth-order valence-corrected chi connectivity index (χ4v) is 4.30. The highest BCUT2D eigenvalue weighted by Crippen LogP contribution is 2.38. The number of hydrogen-bond acceptors (Lipinski definition) is 4. The number of aromatic nitrogens is 3. The summed E-state index contributed by atoms with van der Waals surface area (Å²) in [6.07, 6.45) is -1.28. The summed E-state index contributed by atoms with van der Waals surface area (Å²) in [6.45, 7) is 5.27. The van der Waals surface area contributed by atoms with Gasteiger partial charge in [0.05, 0.1) is 11.3 Å². The largest absolute Gasteiger partial charge is 0.418 e. The summed E-state index contributed by atoms with van der Waals surface area (Å²) in [4.78, 5) is 21.5. The number of hydrogen-bond donors (Lipinski definition) is 1. The Morgan fingerprint density at radius 3 is 2.32 bits per heavy atom. The lowest BCUT2D eigenvalue weighted by molar-refractivity contribution is -0.137. The maximum atomic E-state index is 13.7. The van der Waals surface area contributed by atoms with Crippen molar-refractivity contribution in [1.29, 1.82) is 0 Å². The number of pyridine rings is 1. The SMILES string of the molecule is Cc1ccc(N[C@H](C)c2cc(C)cc3c(=O)n(C)c(-c4cnc(Br)nc4)cc23)c(C(F)(F)F)c1. The van der Waals surface area contributed by atoms with Gasteiger partial charge in [-0.15, -0.1) is 0 Å². The Morgan fingerprint density at radius 1 is 1.00 bits per heavy atom. The number of fused-ring (bicyclic) bond motifs is 1. The van der Waals surface area contributed by atoms with E-state index in [1.54, 1.807) is 45.4 Å². The van der Waals surface area contributed by atoms with E-state index in [2.05, 4.69) is 31.2 Å². The van der Waals surface area contributed by atoms with Crippen LogP contribution in [-0.2, 0) is 13.2 Å². The van der Waals surface area contributed by atoms with Crippen molar-refractivity contribution in [3.8, 4) is 11.3 Å². The number of benzene rings is 2. The third-order valence-corrected chi connectivity index (χ3v) is 6.18. The van der Waals surface area contributed by atoms with E-state index in [-0.39, 0.29) is 11.2 Å². The monoisotopic (exact) mass is 530 g/mol. The van der Waals surface area contributed by atoms with Crippen LogP contribution in [0.15, 0.2) is 58.3 Å². The predicted molar refractivity (Wildman–Crippen MR) is 131 cm³/mol. The second-order valence-electron chi connectivity index (χ2n) is 8.36. The van der Waals surface area contributed by atoms with E-state index in [9.17, 15) is 18.0 Å². The molecule has 2 aromatic carbocycles. The molecular formula is C25H22BrF3N4O. The molecule has 34 heavy (non-hydrogen) atoms. The van der Waals surface area contributed by atoms with Gasteiger partial charge in [0, 0.05) is 42.1 Å². The number of nitrogens with one attached hydrogen (secondary N) is 1. The molecule has 0 aliphatic carbocycles. The van der Waals surface area contributed by atoms with Crippen molar-refractivity contribution < 1.29 is 13.2 Å². The zero-order valence-electron chi connectivity index (χ0n) is 19.0. The molecule has 0 amide bonds. The molecule has 5 nitrogen and oxygen atoms in total. The molecule has 0 bridgehead atoms. The predicted octanol–water partition coefficient (Wildman–Crippen LogP) is 6.57. The third-order valence-electron chi connectivity index (χ3n) is 5.77. The van der Waals surface area contributed by atoms with Crippen molar-refractivity contribution in [3.05, 3.63) is 86.1 Å². The number of anilines is 1. The van der Waals surface area contributed by atoms with Crippen LogP contribution in [0.2, 0.25) is 0 Å². The molecular weight excluding hydrogens is 509 g/mol. The lowest BCUT2D eigenvalue weighted by atomic mass is 9.96. The van der Waals surface area contributed by atoms with E-state index >= 15 is 0 Å². The van der Waals surface area contributed by atoms with Crippen molar-refractivity contribution in [1.82, 2.24) is 14.5 Å². The molecule has 1 atom stereocenters. The third kappa shape index (κ3) is 4.57. The molecule has 0 radical (unpaired) electrons. The summed E-state index contributed by atoms with van der Waals surface area (Å²) in [7, 11) is 1.67. The molecule has 0 saturated carbocycles. The highest BCUT2D eigenvalue weighted by molar-refractivity contribution is 9.10. The van der Waals surface area contributed by atoms with Crippen molar-refractivity contribution in [2.24, 2.45) is 7.05 Å². The van der Waals surface area contributed by atoms with Gasteiger partial charge in [-0.1, -0.05) is 17.7 Å². The lowest BCUT2D eigenvalue weighted by Crippen LogP contribution is -2.20. The van der Waals surface area contributed by atoms with Gasteiger partial charge in [0.15, 0.2) is 4.73 Å². The molecule has 4 aromatic rings. The van der Waals surface area contributed by atoms with Crippen LogP contribution in [0.1, 0.15) is 35.2 Å². The van der Waals surface area contributed by atoms with E-state index in [0.29, 0.717) is 32.3 Å². The summed E-state index contributed by atoms with van der Waals surface area (Å²) in [5.74, 6) is 0. The van der Waals surface area contributed by atoms with Crippen LogP contribution < -0.4 is 10.9 Å². The number of halogens is 4. The Bertz CT molecular complexity index is 1450. The smallest absolute Gasteiger partial charge is 0.378 e. The summed E-state index contributed by atoms with van der Waals surface area (Å²) in [6, 6.07) is 9.25. The highest BCUT2D eigenvalue weighted by Gasteiger charge is 2.34. The number of aryl methyl sites for hydroxylation is 2. The van der Waals surface area contributed by atoms with E-state index < -0.39 is 17.8 Å². The van der Waals surface area contributed by atoms with Crippen molar-refractivity contribution in [2.45, 2.75) is 33.0 Å². The Morgan fingerprint density at radius 2 is 1.68 bits per heavy atom. The molecule has 1 N–H and O–H groups in total. The molecule has 9 heteroatoms. The summed E-state index contributed by atoms with van der Waals surface area (Å²) >= 11 is 3.21. The van der Waals surface area contributed by atoms with Gasteiger partial charge in [-0.05, 0) is 77.5 Å². The standard InChI is InChI=1S/C25H22BrF3N4O/c1-13-5-6-21(20(9-13)25(27,28)29)32-15(3)17-7-14(2)8-19-18(17)10-22(33(4)23(19)34)16-11-30-24(26)31-12-16/h5-12,15,32H,1-4H3/t15-/m1/s1. The first kappa shape index (κ1) is 23.9. The molecule has 2 aromatic heterocycles. The second kappa shape index (κ2) is 8.87. The number of alkyl halides is 3. The molecule has 2 heterocycles. The minimum atomic E-state index is -4.49. The Balaban J connectivity index is 1.88. The zero-order chi connectivity index (χ0) is 24.8. The maximum absolute atomic E-state index is 13.7. The Labute approximate surface area is 202 Å². The fraction of sp³-hybridized carbons (Fsp3) is 0.240. The zero-order valence-corrected chi connectivity index (χ0v) is 20.5. The average Bonchev–Trinajstić information content (AvgIpc) is 2.77. The molecule has 0 aliphatic rings. The first-order valence-corrected chi connectivity index (χ1v) is 11.3. The molecule has 0 aliphatic heterocycles. The van der Waals surface area contributed by atoms with Gasteiger partial charge in [0.1, 0.15) is 0 Å². The van der Waals surface area contributed by atoms with E-state index in [1.807, 2.05) is 19.1 Å². The van der Waals surface area contributed by atoms with Crippen LogP contribution in [0.3, 0.4) is 0 Å². The second-order valence-corrected chi connectivity index (χ2v) is 9.07. The minimum absolute atomic E-state index is 0.00868. The van der Waals surface area contributed by atoms with Crippen LogP contribution in [0.5, 0.6) is 0 Å². The molecule has 0 unspecified atom stereocenters. The van der Waals surface area contributed by atoms with Crippen LogP contribution in [0.4, 0.5) is 18.9 Å². The molecule has 4 rings (SSSR count). The van der Waals surface area contributed by atoms with E-state index in [4.69, 9.17) is 0 Å². The van der Waals surface area contributed by atoms with Gasteiger partial charge in [-0.3, -0.25) is 4.79 Å². The Hall–Kier alpha value is -3.20. The summed E-state index contributed by atoms with van der Waals surface area (Å²) in [5.41, 5.74) is 2.40. The van der Waals surface area contributed by atoms with Crippen LogP contribution in [-0.4, -0.2) is 14.5 Å². The molecule has 0 saturated heterocycles. The van der Waals surface area contributed by atoms with Gasteiger partial charge in [0.25, 0.3) is 5.56 Å². The van der Waals surface area contributed by atoms with Crippen molar-refractivity contribution in [2.75, 3.05) is 5.32 Å². The molecule has 0 fully saturated rings. The topological polar surface area (TPSA) is 59.8 Å². The summed E-state index contributed by atoms with van der Waals surface area (Å²) in [5, 5.41) is 4.17. The first-order valence-electron chi connectivity index (χ1n) is 10.5. The van der Waals surface area contributed by atoms with Crippen LogP contribution >= 0.6 is 15.9 Å². The first-order chi connectivity index (χ1) is 16.0. The van der Waals surface area contributed by atoms with Gasteiger partial charge in [0.2, 0.25) is 0 Å². The number of nitrogens with zero attached hydrogens (tertiary/aromatic N) is 3. The maximum Gasteiger partial charge on any atom is 0.418 e. The number of rotatable bonds is 4. The minimum Gasteiger partial charge on any atom is -0.378 e. The molecule has 176 valence electrons. The van der Waals surface area contributed by atoms with Crippen molar-refractivity contribution >= 4 is 32.4 Å². The van der Waals surface area contributed by atoms with Crippen LogP contribution in [0.25, 0.3) is 22.0 Å². The Kier molecular flexibility index (Phi) is 6.24. The lowest BCUT2D eigenvalue weighted by Gasteiger charge is -2.22. The van der Waals surface area contributed by atoms with E-state index in [1.165, 1.54) is 10.6 Å². The van der Waals surface area contributed by atoms with E-state index in [0.717, 1.165) is 17.2 Å². The highest BCUT2D eigenvalue weighted by atomic mass is 79.9. The normalized spacial score (nSPS) is 12.7. The van der Waals surface area contributed by atoms with Gasteiger partial charge in [-0.2, -0.15) is 13.2 Å². The van der Waals surface area contributed by atoms with Crippen molar-refractivity contribution in [3.63, 3.8) is 0 Å². The fourth-order valence-electron chi connectivity index (χ4n) is 4.10. The van der Waals surface area contributed by atoms with Crippen LogP contribution in [0, 0.1) is 13.8 Å².